The van der Waals surface area contributed by atoms with Gasteiger partial charge < -0.3 is 14.9 Å². The maximum Gasteiger partial charge on any atom is 0.351 e. The molecule has 1 heterocycles. The third kappa shape index (κ3) is 8.54. The number of nitrogens with zero attached hydrogens (tertiary/aromatic N) is 1. The number of pyridine rings is 1. The van der Waals surface area contributed by atoms with Gasteiger partial charge in [0.2, 0.25) is 6.10 Å². The molecule has 2 N–H and O–H groups in total. The summed E-state index contributed by atoms with van der Waals surface area (Å²) in [5.41, 5.74) is 0.469. The highest BCUT2D eigenvalue weighted by Gasteiger charge is 2.27. The molecular formula is C25H33NO5S. The van der Waals surface area contributed by atoms with E-state index in [1.54, 1.807) is 24.0 Å². The number of unbranched alkanes of at least 4 members (excludes halogenated alkanes) is 6. The number of hydrogen-bond donors (Lipinski definition) is 2. The van der Waals surface area contributed by atoms with Gasteiger partial charge >= 0.3 is 11.9 Å². The van der Waals surface area contributed by atoms with E-state index in [1.807, 2.05) is 6.07 Å². The first-order valence-corrected chi connectivity index (χ1v) is 12.1. The highest BCUT2D eigenvalue weighted by molar-refractivity contribution is 8.00. The Morgan fingerprint density at radius 2 is 1.66 bits per heavy atom. The normalized spacial score (nSPS) is 12.8. The van der Waals surface area contributed by atoms with Gasteiger partial charge in [0.05, 0.1) is 5.56 Å². The molecule has 2 atom stereocenters. The fourth-order valence-electron chi connectivity index (χ4n) is 3.40. The first-order valence-electron chi connectivity index (χ1n) is 11.3. The maximum atomic E-state index is 12.0. The average molecular weight is 460 g/mol. The summed E-state index contributed by atoms with van der Waals surface area (Å²) in [6.07, 6.45) is 10.2. The van der Waals surface area contributed by atoms with Crippen molar-refractivity contribution in [3.05, 3.63) is 53.9 Å². The van der Waals surface area contributed by atoms with E-state index in [0.29, 0.717) is 10.9 Å². The molecule has 2 unspecified atom stereocenters. The Morgan fingerprint density at radius 3 is 2.28 bits per heavy atom. The van der Waals surface area contributed by atoms with Crippen molar-refractivity contribution in [3.8, 4) is 5.75 Å². The van der Waals surface area contributed by atoms with E-state index in [-0.39, 0.29) is 11.3 Å². The molecule has 174 valence electrons. The van der Waals surface area contributed by atoms with Crippen molar-refractivity contribution in [2.75, 3.05) is 0 Å². The largest absolute Gasteiger partial charge is 0.478 e. The fraction of sp³-hybridized carbons (Fsp3) is 0.480. The van der Waals surface area contributed by atoms with Crippen LogP contribution in [0.5, 0.6) is 5.75 Å². The monoisotopic (exact) mass is 459 g/mol. The number of carboxylic acid groups (broad SMARTS) is 2. The standard InChI is InChI=1S/C25H33NO5S/c1-3-4-5-6-7-8-9-11-18(2)32-21-12-10-17-26-22(21)23(25(29)30)31-20-15-13-19(14-16-20)24(27)28/h10,12-18,23H,3-9,11H2,1-2H3,(H,27,28)(H,29,30). The van der Waals surface area contributed by atoms with E-state index in [9.17, 15) is 14.7 Å². The summed E-state index contributed by atoms with van der Waals surface area (Å²) < 4.78 is 5.70. The maximum absolute atomic E-state index is 12.0. The van der Waals surface area contributed by atoms with Crippen LogP contribution in [0.3, 0.4) is 0 Å². The van der Waals surface area contributed by atoms with Gasteiger partial charge in [0.15, 0.2) is 0 Å². The van der Waals surface area contributed by atoms with Gasteiger partial charge in [-0.1, -0.05) is 58.8 Å². The van der Waals surface area contributed by atoms with Gasteiger partial charge in [-0.2, -0.15) is 0 Å². The number of carboxylic acids is 2. The van der Waals surface area contributed by atoms with Crippen LogP contribution >= 0.6 is 11.8 Å². The van der Waals surface area contributed by atoms with Gasteiger partial charge in [0.25, 0.3) is 0 Å². The van der Waals surface area contributed by atoms with Crippen molar-refractivity contribution in [1.29, 1.82) is 0 Å². The number of ether oxygens (including phenoxy) is 1. The van der Waals surface area contributed by atoms with Gasteiger partial charge in [-0.3, -0.25) is 4.98 Å². The third-order valence-corrected chi connectivity index (χ3v) is 6.41. The van der Waals surface area contributed by atoms with Crippen LogP contribution in [0.15, 0.2) is 47.5 Å². The zero-order valence-electron chi connectivity index (χ0n) is 18.8. The number of aromatic nitrogens is 1. The molecular weight excluding hydrogens is 426 g/mol. The first-order chi connectivity index (χ1) is 15.4. The second kappa shape index (κ2) is 13.8. The van der Waals surface area contributed by atoms with Crippen LogP contribution in [0.25, 0.3) is 0 Å². The second-order valence-electron chi connectivity index (χ2n) is 7.89. The van der Waals surface area contributed by atoms with Gasteiger partial charge in [0.1, 0.15) is 11.4 Å². The average Bonchev–Trinajstić information content (AvgIpc) is 2.77. The molecule has 6 nitrogen and oxygen atoms in total. The van der Waals surface area contributed by atoms with Gasteiger partial charge in [-0.25, -0.2) is 9.59 Å². The molecule has 2 rings (SSSR count). The topological polar surface area (TPSA) is 96.7 Å². The summed E-state index contributed by atoms with van der Waals surface area (Å²) in [6.45, 7) is 4.38. The zero-order chi connectivity index (χ0) is 23.3. The molecule has 0 fully saturated rings. The van der Waals surface area contributed by atoms with Crippen molar-refractivity contribution in [2.45, 2.75) is 81.5 Å². The molecule has 1 aromatic heterocycles. The van der Waals surface area contributed by atoms with Crippen molar-refractivity contribution < 1.29 is 24.5 Å². The zero-order valence-corrected chi connectivity index (χ0v) is 19.6. The molecule has 0 spiro atoms. The minimum absolute atomic E-state index is 0.109. The van der Waals surface area contributed by atoms with Gasteiger partial charge in [-0.05, 0) is 42.8 Å². The highest BCUT2D eigenvalue weighted by Crippen LogP contribution is 2.33. The molecule has 7 heteroatoms. The van der Waals surface area contributed by atoms with Crippen molar-refractivity contribution in [1.82, 2.24) is 4.98 Å². The summed E-state index contributed by atoms with van der Waals surface area (Å²) in [6, 6.07) is 9.36. The lowest BCUT2D eigenvalue weighted by Gasteiger charge is -2.19. The van der Waals surface area contributed by atoms with Gasteiger partial charge in [0, 0.05) is 16.3 Å². The molecule has 1 aromatic carbocycles. The lowest BCUT2D eigenvalue weighted by molar-refractivity contribution is -0.145. The first kappa shape index (κ1) is 25.7. The molecule has 32 heavy (non-hydrogen) atoms. The van der Waals surface area contributed by atoms with Crippen LogP contribution in [0.4, 0.5) is 0 Å². The SMILES string of the molecule is CCCCCCCCCC(C)Sc1cccnc1C(Oc1ccc(C(=O)O)cc1)C(=O)O. The summed E-state index contributed by atoms with van der Waals surface area (Å²) in [5, 5.41) is 19.1. The number of carbonyl (C=O) groups is 2. The number of hydrogen-bond acceptors (Lipinski definition) is 5. The van der Waals surface area contributed by atoms with E-state index in [1.165, 1.54) is 62.8 Å². The van der Waals surface area contributed by atoms with Crippen molar-refractivity contribution in [3.63, 3.8) is 0 Å². The molecule has 0 amide bonds. The van der Waals surface area contributed by atoms with E-state index >= 15 is 0 Å². The number of aliphatic carboxylic acids is 1. The number of rotatable bonds is 15. The molecule has 0 aliphatic rings. The van der Waals surface area contributed by atoms with Crippen LogP contribution in [0.1, 0.15) is 87.4 Å². The molecule has 0 bridgehead atoms. The lowest BCUT2D eigenvalue weighted by Crippen LogP contribution is -2.20. The predicted molar refractivity (Wildman–Crippen MR) is 127 cm³/mol. The summed E-state index contributed by atoms with van der Waals surface area (Å²) in [5.74, 6) is -1.92. The Kier molecular flexibility index (Phi) is 11.1. The predicted octanol–water partition coefficient (Wildman–Crippen LogP) is 6.61. The molecule has 0 radical (unpaired) electrons. The Labute approximate surface area is 194 Å². The summed E-state index contributed by atoms with van der Waals surface area (Å²) >= 11 is 1.62. The molecule has 2 aromatic rings. The van der Waals surface area contributed by atoms with Crippen LogP contribution in [0, 0.1) is 0 Å². The van der Waals surface area contributed by atoms with Crippen molar-refractivity contribution >= 4 is 23.7 Å². The number of benzene rings is 1. The van der Waals surface area contributed by atoms with Crippen LogP contribution in [-0.4, -0.2) is 32.4 Å². The summed E-state index contributed by atoms with van der Waals surface area (Å²) in [4.78, 5) is 28.1. The highest BCUT2D eigenvalue weighted by atomic mass is 32.2. The van der Waals surface area contributed by atoms with Crippen LogP contribution < -0.4 is 4.74 Å². The van der Waals surface area contributed by atoms with E-state index in [2.05, 4.69) is 18.8 Å². The Bertz CT molecular complexity index is 856. The van der Waals surface area contributed by atoms with E-state index in [0.717, 1.165) is 17.7 Å². The van der Waals surface area contributed by atoms with Crippen LogP contribution in [0.2, 0.25) is 0 Å². The van der Waals surface area contributed by atoms with E-state index in [4.69, 9.17) is 9.84 Å². The Hall–Kier alpha value is -2.54. The second-order valence-corrected chi connectivity index (χ2v) is 9.37. The summed E-state index contributed by atoms with van der Waals surface area (Å²) in [7, 11) is 0. The Morgan fingerprint density at radius 1 is 1.00 bits per heavy atom. The molecule has 0 saturated heterocycles. The van der Waals surface area contributed by atoms with Crippen molar-refractivity contribution in [2.24, 2.45) is 0 Å². The third-order valence-electron chi connectivity index (χ3n) is 5.17. The van der Waals surface area contributed by atoms with E-state index < -0.39 is 18.0 Å². The molecule has 0 saturated carbocycles. The minimum atomic E-state index is -1.28. The molecule has 0 aliphatic carbocycles. The van der Waals surface area contributed by atoms with Crippen LogP contribution in [-0.2, 0) is 4.79 Å². The molecule has 0 aliphatic heterocycles. The number of thioether (sulfide) groups is 1. The fourth-order valence-corrected chi connectivity index (χ4v) is 4.55. The number of aromatic carboxylic acids is 1. The lowest BCUT2D eigenvalue weighted by atomic mass is 10.1. The minimum Gasteiger partial charge on any atom is -0.478 e. The Balaban J connectivity index is 1.99. The van der Waals surface area contributed by atoms with Gasteiger partial charge in [-0.15, -0.1) is 11.8 Å². The quantitative estimate of drug-likeness (QED) is 0.228. The smallest absolute Gasteiger partial charge is 0.351 e.